The number of fused-ring (bicyclic) bond motifs is 1. The summed E-state index contributed by atoms with van der Waals surface area (Å²) >= 11 is 0. The molecule has 3 aromatic rings. The molecule has 3 heteroatoms. The minimum absolute atomic E-state index is 0.0425. The first-order chi connectivity index (χ1) is 10.7. The van der Waals surface area contributed by atoms with E-state index in [1.165, 1.54) is 10.9 Å². The SMILES string of the molecule is CC(NC(=O)CCc1ccc2[nH]ccc2c1)c1ccccc1. The molecule has 1 amide bonds. The molecule has 2 N–H and O–H groups in total. The fraction of sp³-hybridized carbons (Fsp3) is 0.211. The molecule has 0 aliphatic rings. The molecule has 3 nitrogen and oxygen atoms in total. The fourth-order valence-corrected chi connectivity index (χ4v) is 2.65. The summed E-state index contributed by atoms with van der Waals surface area (Å²) in [5, 5.41) is 4.24. The van der Waals surface area contributed by atoms with Crippen molar-refractivity contribution in [3.05, 3.63) is 71.9 Å². The second-order valence-corrected chi connectivity index (χ2v) is 5.60. The van der Waals surface area contributed by atoms with Gasteiger partial charge in [0.2, 0.25) is 5.91 Å². The maximum Gasteiger partial charge on any atom is 0.220 e. The van der Waals surface area contributed by atoms with Gasteiger partial charge in [0.25, 0.3) is 0 Å². The highest BCUT2D eigenvalue weighted by molar-refractivity contribution is 5.80. The van der Waals surface area contributed by atoms with Gasteiger partial charge in [-0.1, -0.05) is 36.4 Å². The first kappa shape index (κ1) is 14.4. The number of rotatable bonds is 5. The largest absolute Gasteiger partial charge is 0.361 e. The zero-order valence-corrected chi connectivity index (χ0v) is 12.7. The number of aromatic nitrogens is 1. The summed E-state index contributed by atoms with van der Waals surface area (Å²) in [5.74, 6) is 0.0884. The lowest BCUT2D eigenvalue weighted by Gasteiger charge is -2.14. The Morgan fingerprint density at radius 2 is 1.95 bits per heavy atom. The molecule has 1 aromatic heterocycles. The predicted molar refractivity (Wildman–Crippen MR) is 89.6 cm³/mol. The summed E-state index contributed by atoms with van der Waals surface area (Å²) in [5.41, 5.74) is 3.45. The number of hydrogen-bond acceptors (Lipinski definition) is 1. The van der Waals surface area contributed by atoms with Gasteiger partial charge < -0.3 is 10.3 Å². The molecule has 3 rings (SSSR count). The Kier molecular flexibility index (Phi) is 4.24. The van der Waals surface area contributed by atoms with Crippen molar-refractivity contribution in [3.8, 4) is 0 Å². The Hall–Kier alpha value is -2.55. The van der Waals surface area contributed by atoms with Gasteiger partial charge in [0, 0.05) is 18.1 Å². The highest BCUT2D eigenvalue weighted by Gasteiger charge is 2.09. The van der Waals surface area contributed by atoms with Crippen LogP contribution in [0.4, 0.5) is 0 Å². The average Bonchev–Trinajstić information content (AvgIpc) is 3.01. The number of aryl methyl sites for hydroxylation is 1. The summed E-state index contributed by atoms with van der Waals surface area (Å²) in [7, 11) is 0. The van der Waals surface area contributed by atoms with Crippen molar-refractivity contribution < 1.29 is 4.79 Å². The Bertz CT molecular complexity index is 761. The maximum atomic E-state index is 12.1. The second kappa shape index (κ2) is 6.48. The van der Waals surface area contributed by atoms with Gasteiger partial charge in [0.05, 0.1) is 6.04 Å². The number of amides is 1. The smallest absolute Gasteiger partial charge is 0.220 e. The van der Waals surface area contributed by atoms with E-state index in [0.717, 1.165) is 17.5 Å². The highest BCUT2D eigenvalue weighted by Crippen LogP contribution is 2.16. The minimum atomic E-state index is 0.0425. The topological polar surface area (TPSA) is 44.9 Å². The zero-order valence-electron chi connectivity index (χ0n) is 12.7. The van der Waals surface area contributed by atoms with Crippen LogP contribution < -0.4 is 5.32 Å². The molecule has 112 valence electrons. The molecule has 0 radical (unpaired) electrons. The molecule has 22 heavy (non-hydrogen) atoms. The van der Waals surface area contributed by atoms with Gasteiger partial charge in [-0.15, -0.1) is 0 Å². The summed E-state index contributed by atoms with van der Waals surface area (Å²) in [6, 6.07) is 18.4. The Balaban J connectivity index is 1.55. The van der Waals surface area contributed by atoms with Crippen LogP contribution in [0.25, 0.3) is 10.9 Å². The second-order valence-electron chi connectivity index (χ2n) is 5.60. The Labute approximate surface area is 130 Å². The van der Waals surface area contributed by atoms with Crippen molar-refractivity contribution in [1.82, 2.24) is 10.3 Å². The first-order valence-electron chi connectivity index (χ1n) is 7.63. The van der Waals surface area contributed by atoms with Crippen molar-refractivity contribution in [3.63, 3.8) is 0 Å². The number of H-pyrrole nitrogens is 1. The van der Waals surface area contributed by atoms with Gasteiger partial charge in [-0.05, 0) is 48.1 Å². The molecule has 1 unspecified atom stereocenters. The molecule has 2 aromatic carbocycles. The Morgan fingerprint density at radius 1 is 1.14 bits per heavy atom. The van der Waals surface area contributed by atoms with E-state index in [1.54, 1.807) is 0 Å². The lowest BCUT2D eigenvalue weighted by molar-refractivity contribution is -0.121. The van der Waals surface area contributed by atoms with E-state index in [2.05, 4.69) is 34.6 Å². The predicted octanol–water partition coefficient (Wildman–Crippen LogP) is 3.98. The van der Waals surface area contributed by atoms with E-state index in [9.17, 15) is 4.79 Å². The molecular weight excluding hydrogens is 272 g/mol. The van der Waals surface area contributed by atoms with Crippen LogP contribution in [0.5, 0.6) is 0 Å². The van der Waals surface area contributed by atoms with Gasteiger partial charge in [0.15, 0.2) is 0 Å². The standard InChI is InChI=1S/C19H20N2O/c1-14(16-5-3-2-4-6-16)21-19(22)10-8-15-7-9-18-17(13-15)11-12-20-18/h2-7,9,11-14,20H,8,10H2,1H3,(H,21,22). The van der Waals surface area contributed by atoms with Gasteiger partial charge in [-0.2, -0.15) is 0 Å². The van der Waals surface area contributed by atoms with Gasteiger partial charge in [0.1, 0.15) is 0 Å². The van der Waals surface area contributed by atoms with E-state index < -0.39 is 0 Å². The number of nitrogens with one attached hydrogen (secondary N) is 2. The molecular formula is C19H20N2O. The first-order valence-corrected chi connectivity index (χ1v) is 7.63. The number of hydrogen-bond donors (Lipinski definition) is 2. The van der Waals surface area contributed by atoms with Crippen LogP contribution in [0, 0.1) is 0 Å². The molecule has 0 aliphatic carbocycles. The van der Waals surface area contributed by atoms with Crippen molar-refractivity contribution in [2.75, 3.05) is 0 Å². The van der Waals surface area contributed by atoms with E-state index >= 15 is 0 Å². The monoisotopic (exact) mass is 292 g/mol. The molecule has 0 aliphatic heterocycles. The average molecular weight is 292 g/mol. The molecule has 1 atom stereocenters. The van der Waals surface area contributed by atoms with Crippen LogP contribution in [0.15, 0.2) is 60.8 Å². The molecule has 1 heterocycles. The van der Waals surface area contributed by atoms with Crippen molar-refractivity contribution in [2.45, 2.75) is 25.8 Å². The molecule has 0 spiro atoms. The Morgan fingerprint density at radius 3 is 2.77 bits per heavy atom. The third kappa shape index (κ3) is 3.37. The van der Waals surface area contributed by atoms with E-state index in [4.69, 9.17) is 0 Å². The molecule has 0 bridgehead atoms. The van der Waals surface area contributed by atoms with Crippen LogP contribution in [-0.2, 0) is 11.2 Å². The third-order valence-electron chi connectivity index (χ3n) is 3.94. The van der Waals surface area contributed by atoms with E-state index in [1.807, 2.05) is 43.5 Å². The lowest BCUT2D eigenvalue weighted by Crippen LogP contribution is -2.26. The summed E-state index contributed by atoms with van der Waals surface area (Å²) in [4.78, 5) is 15.3. The van der Waals surface area contributed by atoms with Crippen LogP contribution in [0.2, 0.25) is 0 Å². The van der Waals surface area contributed by atoms with Crippen LogP contribution in [0.3, 0.4) is 0 Å². The normalized spacial score (nSPS) is 12.2. The van der Waals surface area contributed by atoms with Crippen LogP contribution in [0.1, 0.15) is 30.5 Å². The fourth-order valence-electron chi connectivity index (χ4n) is 2.65. The zero-order chi connectivity index (χ0) is 15.4. The summed E-state index contributed by atoms with van der Waals surface area (Å²) in [6.45, 7) is 2.01. The lowest BCUT2D eigenvalue weighted by atomic mass is 10.1. The number of aromatic amines is 1. The highest BCUT2D eigenvalue weighted by atomic mass is 16.1. The number of benzene rings is 2. The van der Waals surface area contributed by atoms with Crippen molar-refractivity contribution in [1.29, 1.82) is 0 Å². The number of carbonyl (C=O) groups is 1. The third-order valence-corrected chi connectivity index (χ3v) is 3.94. The molecule has 0 fully saturated rings. The van der Waals surface area contributed by atoms with E-state index in [-0.39, 0.29) is 11.9 Å². The summed E-state index contributed by atoms with van der Waals surface area (Å²) < 4.78 is 0. The van der Waals surface area contributed by atoms with Crippen molar-refractivity contribution >= 4 is 16.8 Å². The molecule has 0 saturated carbocycles. The maximum absolute atomic E-state index is 12.1. The van der Waals surface area contributed by atoms with Gasteiger partial charge >= 0.3 is 0 Å². The quantitative estimate of drug-likeness (QED) is 0.734. The van der Waals surface area contributed by atoms with Crippen molar-refractivity contribution in [2.24, 2.45) is 0 Å². The summed E-state index contributed by atoms with van der Waals surface area (Å²) in [6.07, 6.45) is 3.20. The number of carbonyl (C=O) groups excluding carboxylic acids is 1. The van der Waals surface area contributed by atoms with E-state index in [0.29, 0.717) is 6.42 Å². The van der Waals surface area contributed by atoms with Gasteiger partial charge in [-0.25, -0.2) is 0 Å². The minimum Gasteiger partial charge on any atom is -0.361 e. The molecule has 0 saturated heterocycles. The van der Waals surface area contributed by atoms with Gasteiger partial charge in [-0.3, -0.25) is 4.79 Å². The van der Waals surface area contributed by atoms with Crippen LogP contribution >= 0.6 is 0 Å². The van der Waals surface area contributed by atoms with Crippen LogP contribution in [-0.4, -0.2) is 10.9 Å².